The number of aliphatic imine (C=N–C) groups is 1. The van der Waals surface area contributed by atoms with E-state index in [2.05, 4.69) is 31.6 Å². The second-order valence-corrected chi connectivity index (χ2v) is 8.85. The van der Waals surface area contributed by atoms with Crippen LogP contribution in [0, 0.1) is 0 Å². The van der Waals surface area contributed by atoms with Gasteiger partial charge in [-0.1, -0.05) is 0 Å². The highest BCUT2D eigenvalue weighted by Crippen LogP contribution is 2.19. The fourth-order valence-electron chi connectivity index (χ4n) is 4.01. The molecular formula is C28H30N6O4. The Hall–Kier alpha value is -4.41. The zero-order valence-electron chi connectivity index (χ0n) is 20.8. The molecule has 0 aliphatic carbocycles. The Balaban J connectivity index is 1.09. The van der Waals surface area contributed by atoms with Gasteiger partial charge in [-0.2, -0.15) is 0 Å². The molecule has 3 aromatic rings. The molecule has 5 N–H and O–H groups in total. The minimum absolute atomic E-state index is 0.153. The Bertz CT molecular complexity index is 1270. The smallest absolute Gasteiger partial charge is 0.255 e. The van der Waals surface area contributed by atoms with Crippen molar-refractivity contribution < 1.29 is 19.1 Å². The van der Waals surface area contributed by atoms with Gasteiger partial charge in [-0.25, -0.2) is 0 Å². The fraction of sp³-hybridized carbons (Fsp3) is 0.250. The number of carbonyl (C=O) groups excluding carboxylic acids is 2. The number of nitrogens with zero attached hydrogens (tertiary/aromatic N) is 1. The van der Waals surface area contributed by atoms with Gasteiger partial charge in [0, 0.05) is 42.1 Å². The van der Waals surface area contributed by atoms with E-state index in [1.54, 1.807) is 60.7 Å². The van der Waals surface area contributed by atoms with Crippen LogP contribution < -0.4 is 36.1 Å². The van der Waals surface area contributed by atoms with Gasteiger partial charge in [-0.05, 0) is 72.8 Å². The molecule has 10 nitrogen and oxygen atoms in total. The maximum atomic E-state index is 12.7. The molecule has 1 saturated heterocycles. The van der Waals surface area contributed by atoms with Crippen LogP contribution in [-0.4, -0.2) is 63.2 Å². The van der Waals surface area contributed by atoms with Gasteiger partial charge < -0.3 is 25.4 Å². The van der Waals surface area contributed by atoms with E-state index in [1.807, 2.05) is 12.1 Å². The number of hydrogen-bond acceptors (Lipinski definition) is 8. The molecule has 5 rings (SSSR count). The van der Waals surface area contributed by atoms with Gasteiger partial charge in [0.05, 0.1) is 12.7 Å². The number of benzene rings is 3. The van der Waals surface area contributed by atoms with E-state index in [0.29, 0.717) is 41.5 Å². The largest absolute Gasteiger partial charge is 0.491 e. The first-order chi connectivity index (χ1) is 18.6. The highest BCUT2D eigenvalue weighted by Gasteiger charge is 2.14. The topological polar surface area (TPSA) is 125 Å². The molecule has 3 aromatic carbocycles. The van der Waals surface area contributed by atoms with Crippen molar-refractivity contribution in [3.8, 4) is 11.5 Å². The van der Waals surface area contributed by atoms with Crippen LogP contribution in [0.1, 0.15) is 20.7 Å². The third kappa shape index (κ3) is 6.87. The molecule has 1 fully saturated rings. The van der Waals surface area contributed by atoms with Crippen LogP contribution in [0.5, 0.6) is 11.5 Å². The van der Waals surface area contributed by atoms with E-state index in [1.165, 1.54) is 0 Å². The van der Waals surface area contributed by atoms with Crippen molar-refractivity contribution in [1.29, 1.82) is 0 Å². The van der Waals surface area contributed by atoms with Crippen LogP contribution >= 0.6 is 0 Å². The van der Waals surface area contributed by atoms with E-state index in [9.17, 15) is 9.59 Å². The number of rotatable bonds is 10. The number of amides is 2. The normalized spacial score (nSPS) is 14.9. The summed E-state index contributed by atoms with van der Waals surface area (Å²) in [5.41, 5.74) is 2.19. The quantitative estimate of drug-likeness (QED) is 0.282. The van der Waals surface area contributed by atoms with Gasteiger partial charge in [0.15, 0.2) is 0 Å². The van der Waals surface area contributed by atoms with Gasteiger partial charge in [-0.3, -0.25) is 25.2 Å². The van der Waals surface area contributed by atoms with E-state index in [0.717, 1.165) is 37.8 Å². The molecule has 2 aliphatic heterocycles. The maximum absolute atomic E-state index is 12.7. The van der Waals surface area contributed by atoms with Crippen LogP contribution in [0.2, 0.25) is 0 Å². The first-order valence-corrected chi connectivity index (χ1v) is 12.5. The molecule has 0 radical (unpaired) electrons. The average Bonchev–Trinajstić information content (AvgIpc) is 3.67. The zero-order valence-corrected chi connectivity index (χ0v) is 20.8. The van der Waals surface area contributed by atoms with Crippen molar-refractivity contribution in [1.82, 2.24) is 16.0 Å². The van der Waals surface area contributed by atoms with Gasteiger partial charge in [0.25, 0.3) is 11.8 Å². The molecule has 0 aromatic heterocycles. The summed E-state index contributed by atoms with van der Waals surface area (Å²) < 4.78 is 11.5. The molecule has 0 atom stereocenters. The third-order valence-corrected chi connectivity index (χ3v) is 6.08. The first kappa shape index (κ1) is 25.2. The number of hydrogen-bond donors (Lipinski definition) is 5. The standard InChI is InChI=1S/C28H30N6O4/c35-27(33-21-5-9-23(10-6-21)37-17-25-29-13-14-30-25)19-1-2-20(4-3-19)28(36)34-22-7-11-24(12-8-22)38-18-26-31-15-16-32-26/h1-12,25,29-30H,13-18H2,(H,31,32)(H,33,35)(H,34,36). The Morgan fingerprint density at radius 2 is 1.26 bits per heavy atom. The van der Waals surface area contributed by atoms with Crippen molar-refractivity contribution in [2.24, 2.45) is 4.99 Å². The summed E-state index contributed by atoms with van der Waals surface area (Å²) in [4.78, 5) is 29.6. The third-order valence-electron chi connectivity index (χ3n) is 6.08. The van der Waals surface area contributed by atoms with E-state index in [-0.39, 0.29) is 18.0 Å². The first-order valence-electron chi connectivity index (χ1n) is 12.5. The molecule has 2 amide bonds. The second kappa shape index (κ2) is 12.2. The second-order valence-electron chi connectivity index (χ2n) is 8.85. The van der Waals surface area contributed by atoms with Crippen molar-refractivity contribution in [2.45, 2.75) is 6.17 Å². The fourth-order valence-corrected chi connectivity index (χ4v) is 4.01. The molecule has 0 unspecified atom stereocenters. The lowest BCUT2D eigenvalue weighted by molar-refractivity contribution is 0.101. The van der Waals surface area contributed by atoms with E-state index < -0.39 is 0 Å². The summed E-state index contributed by atoms with van der Waals surface area (Å²) >= 11 is 0. The number of carbonyl (C=O) groups is 2. The molecular weight excluding hydrogens is 484 g/mol. The van der Waals surface area contributed by atoms with Crippen molar-refractivity contribution in [3.63, 3.8) is 0 Å². The average molecular weight is 515 g/mol. The summed E-state index contributed by atoms with van der Waals surface area (Å²) in [6, 6.07) is 20.9. The highest BCUT2D eigenvalue weighted by molar-refractivity contribution is 6.07. The minimum Gasteiger partial charge on any atom is -0.491 e. The lowest BCUT2D eigenvalue weighted by atomic mass is 10.1. The number of nitrogens with one attached hydrogen (secondary N) is 5. The SMILES string of the molecule is O=C(Nc1ccc(OCC2=NCCN2)cc1)c1ccc(C(=O)Nc2ccc(OCC3NCCN3)cc2)cc1. The van der Waals surface area contributed by atoms with Crippen LogP contribution in [0.15, 0.2) is 77.8 Å². The summed E-state index contributed by atoms with van der Waals surface area (Å²) in [6.45, 7) is 4.40. The minimum atomic E-state index is -0.270. The molecule has 10 heteroatoms. The molecule has 0 bridgehead atoms. The Kier molecular flexibility index (Phi) is 8.12. The molecule has 0 saturated carbocycles. The molecule has 196 valence electrons. The van der Waals surface area contributed by atoms with Crippen molar-refractivity contribution in [3.05, 3.63) is 83.9 Å². The molecule has 0 spiro atoms. The van der Waals surface area contributed by atoms with Crippen LogP contribution in [-0.2, 0) is 0 Å². The predicted octanol–water partition coefficient (Wildman–Crippen LogP) is 2.47. The van der Waals surface area contributed by atoms with Crippen LogP contribution in [0.25, 0.3) is 0 Å². The summed E-state index contributed by atoms with van der Waals surface area (Å²) in [5.74, 6) is 1.73. The van der Waals surface area contributed by atoms with Gasteiger partial charge >= 0.3 is 0 Å². The van der Waals surface area contributed by atoms with Gasteiger partial charge in [0.2, 0.25) is 0 Å². The van der Waals surface area contributed by atoms with Crippen molar-refractivity contribution in [2.75, 3.05) is 50.0 Å². The Morgan fingerprint density at radius 3 is 1.76 bits per heavy atom. The zero-order chi connectivity index (χ0) is 26.2. The number of amidine groups is 1. The van der Waals surface area contributed by atoms with E-state index in [4.69, 9.17) is 9.47 Å². The summed E-state index contributed by atoms with van der Waals surface area (Å²) in [6.07, 6.45) is 0.153. The van der Waals surface area contributed by atoms with Gasteiger partial charge in [-0.15, -0.1) is 0 Å². The highest BCUT2D eigenvalue weighted by atomic mass is 16.5. The predicted molar refractivity (Wildman–Crippen MR) is 146 cm³/mol. The number of ether oxygens (including phenoxy) is 2. The summed E-state index contributed by atoms with van der Waals surface area (Å²) in [5, 5.41) is 15.5. The number of anilines is 2. The van der Waals surface area contributed by atoms with Gasteiger partial charge in [0.1, 0.15) is 30.5 Å². The van der Waals surface area contributed by atoms with Crippen molar-refractivity contribution >= 4 is 29.0 Å². The molecule has 2 aliphatic rings. The molecule has 2 heterocycles. The molecule has 38 heavy (non-hydrogen) atoms. The lowest BCUT2D eigenvalue weighted by Crippen LogP contribution is -2.36. The lowest BCUT2D eigenvalue weighted by Gasteiger charge is -2.13. The maximum Gasteiger partial charge on any atom is 0.255 e. The Labute approximate surface area is 220 Å². The summed E-state index contributed by atoms with van der Waals surface area (Å²) in [7, 11) is 0. The van der Waals surface area contributed by atoms with Crippen LogP contribution in [0.4, 0.5) is 11.4 Å². The Morgan fingerprint density at radius 1 is 0.737 bits per heavy atom. The monoisotopic (exact) mass is 514 g/mol. The van der Waals surface area contributed by atoms with E-state index >= 15 is 0 Å². The van der Waals surface area contributed by atoms with Crippen LogP contribution in [0.3, 0.4) is 0 Å².